The van der Waals surface area contributed by atoms with Gasteiger partial charge in [0.1, 0.15) is 27.5 Å². The maximum absolute atomic E-state index is 13.8. The van der Waals surface area contributed by atoms with Gasteiger partial charge in [0.05, 0.1) is 12.5 Å². The molecule has 37 heavy (non-hydrogen) atoms. The van der Waals surface area contributed by atoms with Crippen LogP contribution in [0.5, 0.6) is 0 Å². The van der Waals surface area contributed by atoms with E-state index in [1.807, 2.05) is 60.7 Å². The summed E-state index contributed by atoms with van der Waals surface area (Å²) in [5.41, 5.74) is 2.61. The first kappa shape index (κ1) is 25.8. The third-order valence-corrected chi connectivity index (χ3v) is 9.57. The number of carboxylic acids is 1. The van der Waals surface area contributed by atoms with Gasteiger partial charge in [0.15, 0.2) is 0 Å². The van der Waals surface area contributed by atoms with Crippen LogP contribution in [0.25, 0.3) is 0 Å². The lowest BCUT2D eigenvalue weighted by Crippen LogP contribution is -2.71. The molecule has 3 heterocycles. The number of aliphatic carboxylic acids is 1. The molecule has 2 amide bonds. The monoisotopic (exact) mass is 554 g/mol. The Hall–Kier alpha value is -2.86. The van der Waals surface area contributed by atoms with E-state index in [4.69, 9.17) is 12.2 Å². The molecule has 5 rings (SSSR count). The van der Waals surface area contributed by atoms with Gasteiger partial charge in [-0.2, -0.15) is 0 Å². The number of β-lactam (4-membered cyclic amide) rings is 1. The number of carboxylic acid groups (broad SMARTS) is 1. The molecule has 0 saturated carbocycles. The van der Waals surface area contributed by atoms with Gasteiger partial charge in [-0.05, 0) is 23.6 Å². The van der Waals surface area contributed by atoms with Crippen molar-refractivity contribution in [1.29, 1.82) is 0 Å². The van der Waals surface area contributed by atoms with Crippen LogP contribution in [0.2, 0.25) is 0 Å². The third-order valence-electron chi connectivity index (χ3n) is 6.57. The number of hydrogen-bond donors (Lipinski definition) is 2. The summed E-state index contributed by atoms with van der Waals surface area (Å²) in [7, 11) is 0. The fourth-order valence-electron chi connectivity index (χ4n) is 4.79. The number of thiocarbonyl (C=S) groups is 1. The van der Waals surface area contributed by atoms with Gasteiger partial charge in [0, 0.05) is 12.3 Å². The maximum atomic E-state index is 13.8. The van der Waals surface area contributed by atoms with Gasteiger partial charge >= 0.3 is 5.97 Å². The number of thioether (sulfide) groups is 2. The van der Waals surface area contributed by atoms with Gasteiger partial charge in [0.2, 0.25) is 5.91 Å². The van der Waals surface area contributed by atoms with Crippen molar-refractivity contribution >= 4 is 57.8 Å². The Balaban J connectivity index is 1.35. The molecule has 1 unspecified atom stereocenters. The van der Waals surface area contributed by atoms with Gasteiger partial charge in [0.25, 0.3) is 5.91 Å². The summed E-state index contributed by atoms with van der Waals surface area (Å²) in [6, 6.07) is 18.1. The highest BCUT2D eigenvalue weighted by Gasteiger charge is 2.54. The first-order chi connectivity index (χ1) is 17.8. The molecule has 0 radical (unpaired) electrons. The Bertz CT molecular complexity index is 1260. The molecule has 2 saturated heterocycles. The second-order valence-electron chi connectivity index (χ2n) is 9.10. The Morgan fingerprint density at radius 2 is 1.81 bits per heavy atom. The number of benzene rings is 2. The zero-order chi connectivity index (χ0) is 26.1. The number of amides is 2. The van der Waals surface area contributed by atoms with Crippen molar-refractivity contribution in [2.45, 2.75) is 30.9 Å². The SMILES string of the molecule is CC1=C(C(=O)O)N2C(=O)[C@@H](NC(=O)C(c3ccccc3)N3CSC(=S)N(Cc4ccccc4)C3)[C@H]2SC1. The van der Waals surface area contributed by atoms with Crippen LogP contribution in [-0.2, 0) is 20.9 Å². The maximum Gasteiger partial charge on any atom is 0.352 e. The smallest absolute Gasteiger partial charge is 0.352 e. The van der Waals surface area contributed by atoms with Crippen LogP contribution in [0.15, 0.2) is 71.9 Å². The molecule has 3 aliphatic heterocycles. The van der Waals surface area contributed by atoms with Gasteiger partial charge < -0.3 is 15.3 Å². The number of nitrogens with zero attached hydrogens (tertiary/aromatic N) is 3. The third kappa shape index (κ3) is 5.13. The minimum atomic E-state index is -1.12. The fourth-order valence-corrected chi connectivity index (χ4v) is 7.18. The van der Waals surface area contributed by atoms with Crippen LogP contribution in [0.4, 0.5) is 0 Å². The molecule has 0 spiro atoms. The largest absolute Gasteiger partial charge is 0.477 e. The van der Waals surface area contributed by atoms with Crippen molar-refractivity contribution < 1.29 is 19.5 Å². The number of fused-ring (bicyclic) bond motifs is 1. The van der Waals surface area contributed by atoms with Crippen LogP contribution in [0.1, 0.15) is 24.1 Å². The van der Waals surface area contributed by atoms with Gasteiger partial charge in [-0.1, -0.05) is 84.6 Å². The van der Waals surface area contributed by atoms with Crippen LogP contribution in [0.3, 0.4) is 0 Å². The first-order valence-corrected chi connectivity index (χ1v) is 14.2. The van der Waals surface area contributed by atoms with Crippen molar-refractivity contribution in [2.24, 2.45) is 0 Å². The molecular weight excluding hydrogens is 529 g/mol. The molecule has 2 aromatic rings. The molecule has 11 heteroatoms. The molecule has 0 bridgehead atoms. The average Bonchev–Trinajstić information content (AvgIpc) is 2.90. The lowest BCUT2D eigenvalue weighted by molar-refractivity contribution is -0.151. The quantitative estimate of drug-likeness (QED) is 0.395. The minimum absolute atomic E-state index is 0.0244. The molecule has 0 aliphatic carbocycles. The molecule has 2 fully saturated rings. The zero-order valence-corrected chi connectivity index (χ0v) is 22.5. The molecule has 0 aromatic heterocycles. The Labute approximate surface area is 229 Å². The normalized spacial score (nSPS) is 22.8. The molecule has 8 nitrogen and oxygen atoms in total. The van der Waals surface area contributed by atoms with Crippen molar-refractivity contribution in [3.8, 4) is 0 Å². The van der Waals surface area contributed by atoms with E-state index < -0.39 is 29.3 Å². The highest BCUT2D eigenvalue weighted by Crippen LogP contribution is 2.40. The van der Waals surface area contributed by atoms with Gasteiger partial charge in [-0.15, -0.1) is 11.8 Å². The summed E-state index contributed by atoms with van der Waals surface area (Å²) >= 11 is 8.60. The summed E-state index contributed by atoms with van der Waals surface area (Å²) < 4.78 is 0.777. The number of hydrogen-bond acceptors (Lipinski definition) is 7. The summed E-state index contributed by atoms with van der Waals surface area (Å²) in [5, 5.41) is 12.1. The summed E-state index contributed by atoms with van der Waals surface area (Å²) in [6.45, 7) is 2.81. The lowest BCUT2D eigenvalue weighted by atomic mass is 10.0. The van der Waals surface area contributed by atoms with E-state index >= 15 is 0 Å². The van der Waals surface area contributed by atoms with Crippen molar-refractivity contribution in [3.63, 3.8) is 0 Å². The second kappa shape index (κ2) is 10.9. The highest BCUT2D eigenvalue weighted by molar-refractivity contribution is 8.22. The van der Waals surface area contributed by atoms with E-state index in [9.17, 15) is 19.5 Å². The van der Waals surface area contributed by atoms with Crippen LogP contribution >= 0.6 is 35.7 Å². The number of carbonyl (C=O) groups is 3. The number of carbonyl (C=O) groups excluding carboxylic acids is 2. The Morgan fingerprint density at radius 3 is 2.49 bits per heavy atom. The number of rotatable bonds is 7. The van der Waals surface area contributed by atoms with E-state index in [1.165, 1.54) is 28.4 Å². The van der Waals surface area contributed by atoms with E-state index in [0.717, 1.165) is 15.4 Å². The predicted octanol–water partition coefficient (Wildman–Crippen LogP) is 3.24. The average molecular weight is 555 g/mol. The van der Waals surface area contributed by atoms with Crippen molar-refractivity contribution in [3.05, 3.63) is 83.1 Å². The zero-order valence-electron chi connectivity index (χ0n) is 20.1. The molecular formula is C26H26N4O4S3. The van der Waals surface area contributed by atoms with Crippen molar-refractivity contribution in [1.82, 2.24) is 20.0 Å². The number of nitrogens with one attached hydrogen (secondary N) is 1. The standard InChI is InChI=1S/C26H26N4O4S3/c1-16-13-36-24-19(23(32)30(24)20(16)25(33)34)27-22(31)21(18-10-6-3-7-11-18)29-14-28(26(35)37-15-29)12-17-8-4-2-5-9-17/h2-11,19,21,24H,12-15H2,1H3,(H,27,31)(H,33,34)/t19-,21?,24-/m1/s1. The lowest BCUT2D eigenvalue weighted by Gasteiger charge is -2.49. The van der Waals surface area contributed by atoms with Crippen LogP contribution in [0, 0.1) is 0 Å². The minimum Gasteiger partial charge on any atom is -0.477 e. The first-order valence-electron chi connectivity index (χ1n) is 11.8. The van der Waals surface area contributed by atoms with E-state index in [0.29, 0.717) is 30.4 Å². The predicted molar refractivity (Wildman–Crippen MR) is 148 cm³/mol. The summed E-state index contributed by atoms with van der Waals surface area (Å²) in [6.07, 6.45) is 0. The fraction of sp³-hybridized carbons (Fsp3) is 0.308. The molecule has 3 atom stereocenters. The topological polar surface area (TPSA) is 93.2 Å². The van der Waals surface area contributed by atoms with Gasteiger partial charge in [-0.3, -0.25) is 19.4 Å². The molecule has 2 N–H and O–H groups in total. The molecule has 3 aliphatic rings. The van der Waals surface area contributed by atoms with Crippen LogP contribution in [-0.4, -0.2) is 71.6 Å². The van der Waals surface area contributed by atoms with E-state index in [2.05, 4.69) is 15.1 Å². The second-order valence-corrected chi connectivity index (χ2v) is 11.8. The van der Waals surface area contributed by atoms with Crippen molar-refractivity contribution in [2.75, 3.05) is 18.3 Å². The summed E-state index contributed by atoms with van der Waals surface area (Å²) in [5.74, 6) is -0.775. The summed E-state index contributed by atoms with van der Waals surface area (Å²) in [4.78, 5) is 43.9. The Morgan fingerprint density at radius 1 is 1.14 bits per heavy atom. The highest BCUT2D eigenvalue weighted by atomic mass is 32.2. The van der Waals surface area contributed by atoms with E-state index in [-0.39, 0.29) is 11.6 Å². The van der Waals surface area contributed by atoms with E-state index in [1.54, 1.807) is 6.92 Å². The van der Waals surface area contributed by atoms with Crippen LogP contribution < -0.4 is 5.32 Å². The Kier molecular flexibility index (Phi) is 7.57. The van der Waals surface area contributed by atoms with Gasteiger partial charge in [-0.25, -0.2) is 4.79 Å². The molecule has 192 valence electrons. The molecule has 2 aromatic carbocycles.